The van der Waals surface area contributed by atoms with Crippen LogP contribution in [-0.4, -0.2) is 22.4 Å². The number of carbonyl (C=O) groups excluding carboxylic acids is 1. The molecule has 0 saturated carbocycles. The fraction of sp³-hybridized carbons (Fsp3) is 0.389. The topological polar surface area (TPSA) is 66.9 Å². The lowest BCUT2D eigenvalue weighted by Gasteiger charge is -2.09. The third kappa shape index (κ3) is 5.81. The molecule has 0 unspecified atom stereocenters. The summed E-state index contributed by atoms with van der Waals surface area (Å²) in [6.45, 7) is 5.18. The second-order valence-electron chi connectivity index (χ2n) is 5.63. The Balaban J connectivity index is 1.97. The summed E-state index contributed by atoms with van der Waals surface area (Å²) >= 11 is 5.88. The van der Waals surface area contributed by atoms with Gasteiger partial charge in [-0.3, -0.25) is 4.79 Å². The Hall–Kier alpha value is -2.14. The minimum Gasteiger partial charge on any atom is -0.366 e. The van der Waals surface area contributed by atoms with Crippen LogP contribution in [0.2, 0.25) is 5.02 Å². The van der Waals surface area contributed by atoms with Crippen LogP contribution in [0.4, 0.5) is 5.82 Å². The third-order valence-corrected chi connectivity index (χ3v) is 3.78. The number of aromatic nitrogens is 2. The van der Waals surface area contributed by atoms with Gasteiger partial charge in [0.05, 0.1) is 0 Å². The van der Waals surface area contributed by atoms with Gasteiger partial charge in [-0.2, -0.15) is 0 Å². The van der Waals surface area contributed by atoms with E-state index in [0.29, 0.717) is 35.4 Å². The number of rotatable bonds is 8. The monoisotopic (exact) mass is 346 g/mol. The number of carbonyl (C=O) groups is 1. The number of halogens is 1. The molecule has 0 aliphatic heterocycles. The molecule has 24 heavy (non-hydrogen) atoms. The number of hydrogen-bond donors (Lipinski definition) is 2. The quantitative estimate of drug-likeness (QED) is 0.710. The van der Waals surface area contributed by atoms with Gasteiger partial charge in [0.15, 0.2) is 0 Å². The van der Waals surface area contributed by atoms with Gasteiger partial charge in [0.2, 0.25) is 0 Å². The van der Waals surface area contributed by atoms with Crippen LogP contribution < -0.4 is 10.6 Å². The first-order valence-electron chi connectivity index (χ1n) is 8.20. The zero-order valence-corrected chi connectivity index (χ0v) is 14.9. The molecule has 0 radical (unpaired) electrons. The van der Waals surface area contributed by atoms with Crippen molar-refractivity contribution in [2.75, 3.05) is 11.9 Å². The van der Waals surface area contributed by atoms with Crippen LogP contribution in [0.15, 0.2) is 30.3 Å². The summed E-state index contributed by atoms with van der Waals surface area (Å²) in [6.07, 6.45) is 3.21. The molecule has 0 spiro atoms. The summed E-state index contributed by atoms with van der Waals surface area (Å²) in [5.74, 6) is 1.04. The molecular formula is C18H23ClN4O. The van der Waals surface area contributed by atoms with E-state index in [1.165, 1.54) is 0 Å². The first kappa shape index (κ1) is 18.2. The van der Waals surface area contributed by atoms with Gasteiger partial charge in [-0.05, 0) is 31.0 Å². The minimum atomic E-state index is -0.161. The molecule has 0 bridgehead atoms. The molecule has 0 fully saturated rings. The van der Waals surface area contributed by atoms with Crippen LogP contribution in [0.25, 0.3) is 0 Å². The highest BCUT2D eigenvalue weighted by molar-refractivity contribution is 6.30. The predicted molar refractivity (Wildman–Crippen MR) is 97.4 cm³/mol. The number of amides is 1. The van der Waals surface area contributed by atoms with Crippen LogP contribution in [0.5, 0.6) is 0 Å². The van der Waals surface area contributed by atoms with Gasteiger partial charge in [-0.25, -0.2) is 9.97 Å². The van der Waals surface area contributed by atoms with Gasteiger partial charge in [0.1, 0.15) is 17.3 Å². The molecule has 128 valence electrons. The van der Waals surface area contributed by atoms with Crippen molar-refractivity contribution >= 4 is 23.3 Å². The molecule has 1 heterocycles. The van der Waals surface area contributed by atoms with Crippen molar-refractivity contribution in [3.63, 3.8) is 0 Å². The van der Waals surface area contributed by atoms with Crippen LogP contribution >= 0.6 is 11.6 Å². The van der Waals surface area contributed by atoms with Crippen molar-refractivity contribution in [2.45, 2.75) is 39.7 Å². The summed E-state index contributed by atoms with van der Waals surface area (Å²) in [4.78, 5) is 20.7. The lowest BCUT2D eigenvalue weighted by Crippen LogP contribution is -2.26. The number of nitrogens with one attached hydrogen (secondary N) is 2. The van der Waals surface area contributed by atoms with Gasteiger partial charge in [-0.1, -0.05) is 43.5 Å². The van der Waals surface area contributed by atoms with E-state index in [1.54, 1.807) is 13.0 Å². The van der Waals surface area contributed by atoms with Crippen molar-refractivity contribution in [1.82, 2.24) is 15.3 Å². The van der Waals surface area contributed by atoms with Crippen molar-refractivity contribution in [1.29, 1.82) is 0 Å². The van der Waals surface area contributed by atoms with Crippen LogP contribution in [0, 0.1) is 6.92 Å². The van der Waals surface area contributed by atoms with E-state index >= 15 is 0 Å². The van der Waals surface area contributed by atoms with E-state index in [2.05, 4.69) is 27.5 Å². The molecule has 5 nitrogen and oxygen atoms in total. The highest BCUT2D eigenvalue weighted by Gasteiger charge is 2.10. The number of unbranched alkanes of at least 4 members (excludes halogenated alkanes) is 2. The van der Waals surface area contributed by atoms with Gasteiger partial charge >= 0.3 is 0 Å². The van der Waals surface area contributed by atoms with E-state index in [0.717, 1.165) is 24.8 Å². The highest BCUT2D eigenvalue weighted by Crippen LogP contribution is 2.12. The summed E-state index contributed by atoms with van der Waals surface area (Å²) in [5.41, 5.74) is 1.47. The molecule has 0 aliphatic rings. The SMILES string of the molecule is CCCCCNC(=O)c1cc(NCc2ccc(Cl)cc2)nc(C)n1. The molecule has 0 saturated heterocycles. The Bertz CT molecular complexity index is 673. The first-order chi connectivity index (χ1) is 11.6. The number of hydrogen-bond acceptors (Lipinski definition) is 4. The predicted octanol–water partition coefficient (Wildman–Crippen LogP) is 3.97. The van der Waals surface area contributed by atoms with E-state index in [4.69, 9.17) is 11.6 Å². The third-order valence-electron chi connectivity index (χ3n) is 3.52. The lowest BCUT2D eigenvalue weighted by atomic mass is 10.2. The average molecular weight is 347 g/mol. The number of nitrogens with zero attached hydrogens (tertiary/aromatic N) is 2. The standard InChI is InChI=1S/C18H23ClN4O/c1-3-4-5-10-20-18(24)16-11-17(23-13(2)22-16)21-12-14-6-8-15(19)9-7-14/h6-9,11H,3-5,10,12H2,1-2H3,(H,20,24)(H,21,22,23). The summed E-state index contributed by atoms with van der Waals surface area (Å²) < 4.78 is 0. The molecule has 2 N–H and O–H groups in total. The van der Waals surface area contributed by atoms with Gasteiger partial charge in [-0.15, -0.1) is 0 Å². The smallest absolute Gasteiger partial charge is 0.270 e. The van der Waals surface area contributed by atoms with E-state index in [9.17, 15) is 4.79 Å². The average Bonchev–Trinajstić information content (AvgIpc) is 2.57. The van der Waals surface area contributed by atoms with Crippen LogP contribution in [-0.2, 0) is 6.54 Å². The van der Waals surface area contributed by atoms with Gasteiger partial charge in [0, 0.05) is 24.2 Å². The summed E-state index contributed by atoms with van der Waals surface area (Å²) in [5, 5.41) is 6.82. The van der Waals surface area contributed by atoms with Crippen molar-refractivity contribution in [2.24, 2.45) is 0 Å². The van der Waals surface area contributed by atoms with E-state index in [1.807, 2.05) is 24.3 Å². The maximum atomic E-state index is 12.2. The fourth-order valence-corrected chi connectivity index (χ4v) is 2.36. The lowest BCUT2D eigenvalue weighted by molar-refractivity contribution is 0.0947. The summed E-state index contributed by atoms with van der Waals surface area (Å²) in [6, 6.07) is 9.27. The second kappa shape index (κ2) is 9.23. The molecule has 6 heteroatoms. The van der Waals surface area contributed by atoms with Crippen LogP contribution in [0.1, 0.15) is 48.1 Å². The first-order valence-corrected chi connectivity index (χ1v) is 8.58. The largest absolute Gasteiger partial charge is 0.366 e. The Morgan fingerprint density at radius 1 is 1.17 bits per heavy atom. The molecule has 1 amide bonds. The van der Waals surface area contributed by atoms with Gasteiger partial charge in [0.25, 0.3) is 5.91 Å². The number of anilines is 1. The highest BCUT2D eigenvalue weighted by atomic mass is 35.5. The van der Waals surface area contributed by atoms with Crippen LogP contribution in [0.3, 0.4) is 0 Å². The summed E-state index contributed by atoms with van der Waals surface area (Å²) in [7, 11) is 0. The van der Waals surface area contributed by atoms with E-state index in [-0.39, 0.29) is 5.91 Å². The number of aryl methyl sites for hydroxylation is 1. The van der Waals surface area contributed by atoms with Gasteiger partial charge < -0.3 is 10.6 Å². The van der Waals surface area contributed by atoms with Crippen molar-refractivity contribution in [3.8, 4) is 0 Å². The molecule has 2 aromatic rings. The Morgan fingerprint density at radius 2 is 1.92 bits per heavy atom. The molecular weight excluding hydrogens is 324 g/mol. The molecule has 1 aromatic carbocycles. The second-order valence-corrected chi connectivity index (χ2v) is 6.07. The zero-order valence-electron chi connectivity index (χ0n) is 14.1. The molecule has 2 rings (SSSR count). The normalized spacial score (nSPS) is 10.5. The molecule has 0 atom stereocenters. The maximum absolute atomic E-state index is 12.2. The Morgan fingerprint density at radius 3 is 2.62 bits per heavy atom. The van der Waals surface area contributed by atoms with E-state index < -0.39 is 0 Å². The van der Waals surface area contributed by atoms with Crippen molar-refractivity contribution in [3.05, 3.63) is 52.4 Å². The minimum absolute atomic E-state index is 0.161. The Kier molecular flexibility index (Phi) is 7.00. The number of benzene rings is 1. The fourth-order valence-electron chi connectivity index (χ4n) is 2.24. The maximum Gasteiger partial charge on any atom is 0.270 e. The molecule has 1 aromatic heterocycles. The molecule has 0 aliphatic carbocycles. The Labute approximate surface area is 147 Å². The van der Waals surface area contributed by atoms with Crippen molar-refractivity contribution < 1.29 is 4.79 Å². The zero-order chi connectivity index (χ0) is 17.4.